The molecular formula is C14H21N3O5S. The highest BCUT2D eigenvalue weighted by molar-refractivity contribution is 7.89. The Kier molecular flexibility index (Phi) is 5.10. The van der Waals surface area contributed by atoms with Crippen LogP contribution in [0.4, 0.5) is 0 Å². The molecule has 2 heterocycles. The highest BCUT2D eigenvalue weighted by Crippen LogP contribution is 2.22. The van der Waals surface area contributed by atoms with Gasteiger partial charge in [0.15, 0.2) is 0 Å². The van der Waals surface area contributed by atoms with Crippen LogP contribution in [-0.2, 0) is 21.9 Å². The maximum Gasteiger partial charge on any atom is 0.323 e. The average molecular weight is 343 g/mol. The number of hydrogen-bond donors (Lipinski definition) is 1. The number of sulfonamides is 1. The van der Waals surface area contributed by atoms with Gasteiger partial charge in [-0.2, -0.15) is 4.31 Å². The Labute approximate surface area is 135 Å². The lowest BCUT2D eigenvalue weighted by Gasteiger charge is -2.25. The monoisotopic (exact) mass is 343 g/mol. The molecule has 0 saturated carbocycles. The van der Waals surface area contributed by atoms with Gasteiger partial charge in [-0.1, -0.05) is 6.42 Å². The maximum atomic E-state index is 12.6. The van der Waals surface area contributed by atoms with E-state index in [4.69, 9.17) is 5.11 Å². The van der Waals surface area contributed by atoms with Gasteiger partial charge >= 0.3 is 5.97 Å². The Hall–Kier alpha value is -1.87. The summed E-state index contributed by atoms with van der Waals surface area (Å²) < 4.78 is 28.1. The summed E-state index contributed by atoms with van der Waals surface area (Å²) in [5, 5.41) is 8.75. The van der Waals surface area contributed by atoms with Crippen LogP contribution in [0.3, 0.4) is 0 Å². The van der Waals surface area contributed by atoms with Crippen LogP contribution in [0.2, 0.25) is 0 Å². The fraction of sp³-hybridized carbons (Fsp3) is 0.571. The number of likely N-dealkylation sites (N-methyl/N-ethyl adjacent to an activating group) is 1. The first-order chi connectivity index (χ1) is 10.7. The normalized spacial score (nSPS) is 16.3. The molecule has 1 N–H and O–H groups in total. The Morgan fingerprint density at radius 1 is 1.26 bits per heavy atom. The molecule has 9 heteroatoms. The maximum absolute atomic E-state index is 12.6. The molecule has 23 heavy (non-hydrogen) atoms. The number of hydrogen-bond acceptors (Lipinski definition) is 4. The number of carboxylic acids is 1. The molecule has 0 bridgehead atoms. The fourth-order valence-electron chi connectivity index (χ4n) is 2.61. The van der Waals surface area contributed by atoms with Crippen molar-refractivity contribution in [1.82, 2.24) is 13.8 Å². The number of carbonyl (C=O) groups excluding carboxylic acids is 1. The third-order valence-electron chi connectivity index (χ3n) is 3.87. The van der Waals surface area contributed by atoms with E-state index in [-0.39, 0.29) is 10.6 Å². The van der Waals surface area contributed by atoms with Gasteiger partial charge in [0.05, 0.1) is 0 Å². The van der Waals surface area contributed by atoms with Gasteiger partial charge in [0.1, 0.15) is 17.1 Å². The second-order valence-corrected chi connectivity index (χ2v) is 7.63. The highest BCUT2D eigenvalue weighted by Gasteiger charge is 2.29. The number of aryl methyl sites for hydroxylation is 1. The van der Waals surface area contributed by atoms with Crippen molar-refractivity contribution in [2.45, 2.75) is 24.2 Å². The van der Waals surface area contributed by atoms with E-state index in [9.17, 15) is 18.0 Å². The predicted octanol–water partition coefficient (Wildman–Crippen LogP) is 0.356. The Morgan fingerprint density at radius 2 is 1.87 bits per heavy atom. The first kappa shape index (κ1) is 17.5. The number of carboxylic acid groups (broad SMARTS) is 1. The lowest BCUT2D eigenvalue weighted by atomic mass is 10.2. The number of aromatic nitrogens is 1. The molecule has 8 nitrogen and oxygen atoms in total. The fourth-order valence-corrected chi connectivity index (χ4v) is 4.20. The van der Waals surface area contributed by atoms with Crippen molar-refractivity contribution < 1.29 is 23.1 Å². The molecule has 1 saturated heterocycles. The molecule has 0 aliphatic carbocycles. The van der Waals surface area contributed by atoms with Crippen LogP contribution in [0.15, 0.2) is 17.2 Å². The Bertz CT molecular complexity index is 704. The summed E-state index contributed by atoms with van der Waals surface area (Å²) >= 11 is 0. The Balaban J connectivity index is 2.26. The molecule has 0 atom stereocenters. The number of piperidine rings is 1. The van der Waals surface area contributed by atoms with Gasteiger partial charge in [-0.05, 0) is 18.9 Å². The minimum Gasteiger partial charge on any atom is -0.480 e. The van der Waals surface area contributed by atoms with Crippen LogP contribution in [-0.4, -0.2) is 65.9 Å². The molecule has 1 aliphatic heterocycles. The van der Waals surface area contributed by atoms with E-state index in [1.807, 2.05) is 0 Å². The summed E-state index contributed by atoms with van der Waals surface area (Å²) in [5.41, 5.74) is 0.143. The van der Waals surface area contributed by atoms with Crippen LogP contribution in [0.25, 0.3) is 0 Å². The number of nitrogens with zero attached hydrogens (tertiary/aromatic N) is 3. The number of rotatable bonds is 5. The first-order valence-corrected chi connectivity index (χ1v) is 8.81. The van der Waals surface area contributed by atoms with Crippen LogP contribution >= 0.6 is 0 Å². The summed E-state index contributed by atoms with van der Waals surface area (Å²) in [4.78, 5) is 24.0. The zero-order chi connectivity index (χ0) is 17.2. The molecular weight excluding hydrogens is 322 g/mol. The van der Waals surface area contributed by atoms with Crippen molar-refractivity contribution in [2.24, 2.45) is 7.05 Å². The zero-order valence-electron chi connectivity index (χ0n) is 13.2. The van der Waals surface area contributed by atoms with Gasteiger partial charge in [-0.25, -0.2) is 8.42 Å². The minimum absolute atomic E-state index is 0.0639. The van der Waals surface area contributed by atoms with Crippen molar-refractivity contribution in [3.63, 3.8) is 0 Å². The van der Waals surface area contributed by atoms with E-state index in [2.05, 4.69) is 0 Å². The number of aliphatic carboxylic acids is 1. The molecule has 1 fully saturated rings. The Morgan fingerprint density at radius 3 is 2.43 bits per heavy atom. The van der Waals surface area contributed by atoms with Gasteiger partial charge in [0, 0.05) is 33.4 Å². The van der Waals surface area contributed by atoms with E-state index in [1.54, 1.807) is 7.05 Å². The number of carbonyl (C=O) groups is 2. The summed E-state index contributed by atoms with van der Waals surface area (Å²) in [6, 6.07) is 1.31. The van der Waals surface area contributed by atoms with Gasteiger partial charge in [-0.15, -0.1) is 0 Å². The van der Waals surface area contributed by atoms with E-state index in [0.29, 0.717) is 13.1 Å². The molecule has 0 unspecified atom stereocenters. The van der Waals surface area contributed by atoms with Crippen molar-refractivity contribution in [3.8, 4) is 0 Å². The predicted molar refractivity (Wildman–Crippen MR) is 82.6 cm³/mol. The van der Waals surface area contributed by atoms with Crippen molar-refractivity contribution in [3.05, 3.63) is 18.0 Å². The third kappa shape index (κ3) is 3.73. The topological polar surface area (TPSA) is 99.9 Å². The quantitative estimate of drug-likeness (QED) is 0.832. The summed E-state index contributed by atoms with van der Waals surface area (Å²) in [5.74, 6) is -1.66. The summed E-state index contributed by atoms with van der Waals surface area (Å²) in [6.07, 6.45) is 4.08. The molecule has 0 radical (unpaired) electrons. The van der Waals surface area contributed by atoms with Gasteiger partial charge in [-0.3, -0.25) is 9.59 Å². The molecule has 0 aromatic carbocycles. The molecule has 1 amide bonds. The third-order valence-corrected chi connectivity index (χ3v) is 5.73. The lowest BCUT2D eigenvalue weighted by molar-refractivity contribution is -0.137. The second-order valence-electron chi connectivity index (χ2n) is 5.69. The second kappa shape index (κ2) is 6.71. The van der Waals surface area contributed by atoms with Crippen LogP contribution in [0.1, 0.15) is 29.8 Å². The van der Waals surface area contributed by atoms with Crippen LogP contribution in [0, 0.1) is 0 Å². The van der Waals surface area contributed by atoms with Crippen molar-refractivity contribution in [1.29, 1.82) is 0 Å². The molecule has 0 spiro atoms. The lowest BCUT2D eigenvalue weighted by Crippen LogP contribution is -2.35. The zero-order valence-corrected chi connectivity index (χ0v) is 14.0. The van der Waals surface area contributed by atoms with Crippen molar-refractivity contribution in [2.75, 3.05) is 26.7 Å². The van der Waals surface area contributed by atoms with E-state index < -0.39 is 28.4 Å². The smallest absolute Gasteiger partial charge is 0.323 e. The van der Waals surface area contributed by atoms with E-state index in [1.165, 1.54) is 28.2 Å². The summed E-state index contributed by atoms with van der Waals surface area (Å²) in [6.45, 7) is 0.525. The highest BCUT2D eigenvalue weighted by atomic mass is 32.2. The molecule has 2 rings (SSSR count). The molecule has 128 valence electrons. The standard InChI is InChI=1S/C14H21N3O5S/c1-15-9-11(23(21,22)17-6-4-3-5-7-17)8-12(15)14(20)16(2)10-13(18)19/h8-9H,3-7,10H2,1-2H3,(H,18,19). The van der Waals surface area contributed by atoms with Gasteiger partial charge in [0.25, 0.3) is 5.91 Å². The van der Waals surface area contributed by atoms with Gasteiger partial charge in [0.2, 0.25) is 10.0 Å². The van der Waals surface area contributed by atoms with Crippen LogP contribution < -0.4 is 0 Å². The average Bonchev–Trinajstić information content (AvgIpc) is 2.89. The van der Waals surface area contributed by atoms with Crippen molar-refractivity contribution >= 4 is 21.9 Å². The summed E-state index contributed by atoms with van der Waals surface area (Å²) in [7, 11) is -0.691. The largest absolute Gasteiger partial charge is 0.480 e. The van der Waals surface area contributed by atoms with E-state index >= 15 is 0 Å². The van der Waals surface area contributed by atoms with Gasteiger partial charge < -0.3 is 14.6 Å². The number of amides is 1. The van der Waals surface area contributed by atoms with Crippen LogP contribution in [0.5, 0.6) is 0 Å². The first-order valence-electron chi connectivity index (χ1n) is 7.37. The van der Waals surface area contributed by atoms with E-state index in [0.717, 1.165) is 24.2 Å². The molecule has 1 aromatic heterocycles. The molecule has 1 aromatic rings. The molecule has 1 aliphatic rings. The SMILES string of the molecule is CN(CC(=O)O)C(=O)c1cc(S(=O)(=O)N2CCCCC2)cn1C. The minimum atomic E-state index is -3.62.